The van der Waals surface area contributed by atoms with Crippen molar-refractivity contribution < 1.29 is 14.3 Å². The number of carbonyl (C=O) groups excluding carboxylic acids is 2. The zero-order chi connectivity index (χ0) is 25.3. The van der Waals surface area contributed by atoms with Crippen molar-refractivity contribution in [1.82, 2.24) is 14.8 Å². The number of aromatic nitrogens is 3. The highest BCUT2D eigenvalue weighted by Gasteiger charge is 2.28. The summed E-state index contributed by atoms with van der Waals surface area (Å²) in [6.45, 7) is 12.1. The minimum absolute atomic E-state index is 0.145. The van der Waals surface area contributed by atoms with E-state index in [2.05, 4.69) is 53.2 Å². The molecule has 0 atom stereocenters. The molecule has 188 valence electrons. The van der Waals surface area contributed by atoms with Gasteiger partial charge in [-0.2, -0.15) is 0 Å². The van der Waals surface area contributed by atoms with Crippen molar-refractivity contribution in [1.29, 1.82) is 0 Å². The summed E-state index contributed by atoms with van der Waals surface area (Å²) in [5, 5.41) is 15.3. The molecule has 0 saturated heterocycles. The van der Waals surface area contributed by atoms with Crippen molar-refractivity contribution in [2.24, 2.45) is 0 Å². The fraction of sp³-hybridized carbons (Fsp3) is 0.520. The van der Waals surface area contributed by atoms with Crippen LogP contribution in [0.15, 0.2) is 10.5 Å². The Morgan fingerprint density at radius 2 is 1.91 bits per heavy atom. The van der Waals surface area contributed by atoms with E-state index in [1.807, 2.05) is 13.8 Å². The van der Waals surface area contributed by atoms with E-state index < -0.39 is 0 Å². The largest absolute Gasteiger partial charge is 0.459 e. The minimum atomic E-state index is -0.354. The van der Waals surface area contributed by atoms with Crippen molar-refractivity contribution in [2.75, 3.05) is 11.1 Å². The number of hydrogen-bond donors (Lipinski definition) is 1. The fourth-order valence-corrected chi connectivity index (χ4v) is 7.22. The van der Waals surface area contributed by atoms with Crippen LogP contribution in [0.4, 0.5) is 5.00 Å². The number of thioether (sulfide) groups is 1. The molecule has 1 N–H and O–H groups in total. The monoisotopic (exact) mass is 532 g/mol. The SMILES string of the molecule is Cc1scc(-c2nnc(SCC(=O)Nc3sc4c(c3C(=O)OC(C)C)CCCC4)n2C(C)C)c1C. The highest BCUT2D eigenvalue weighted by molar-refractivity contribution is 7.99. The lowest BCUT2D eigenvalue weighted by Gasteiger charge is -2.14. The molecular formula is C25H32N4O3S3. The maximum absolute atomic E-state index is 13.0. The third kappa shape index (κ3) is 5.49. The first-order valence-electron chi connectivity index (χ1n) is 12.0. The average molecular weight is 533 g/mol. The van der Waals surface area contributed by atoms with E-state index in [1.165, 1.54) is 38.4 Å². The first-order valence-corrected chi connectivity index (χ1v) is 14.6. The number of rotatable bonds is 8. The van der Waals surface area contributed by atoms with Gasteiger partial charge in [0.25, 0.3) is 0 Å². The Hall–Kier alpha value is -2.17. The van der Waals surface area contributed by atoms with Gasteiger partial charge in [0.15, 0.2) is 11.0 Å². The number of thiophene rings is 2. The molecule has 1 aliphatic rings. The summed E-state index contributed by atoms with van der Waals surface area (Å²) in [6.07, 6.45) is 3.72. The second-order valence-corrected chi connectivity index (χ2v) is 12.4. The van der Waals surface area contributed by atoms with Gasteiger partial charge < -0.3 is 10.1 Å². The molecule has 0 unspecified atom stereocenters. The summed E-state index contributed by atoms with van der Waals surface area (Å²) in [5.74, 6) is 0.477. The van der Waals surface area contributed by atoms with Crippen molar-refractivity contribution in [2.45, 2.75) is 84.5 Å². The van der Waals surface area contributed by atoms with Gasteiger partial charge in [0.2, 0.25) is 5.91 Å². The van der Waals surface area contributed by atoms with E-state index in [-0.39, 0.29) is 29.8 Å². The van der Waals surface area contributed by atoms with E-state index in [0.29, 0.717) is 15.7 Å². The fourth-order valence-electron chi connectivity index (χ4n) is 4.19. The molecule has 1 amide bonds. The number of carbonyl (C=O) groups is 2. The van der Waals surface area contributed by atoms with Crippen LogP contribution in [0.5, 0.6) is 0 Å². The van der Waals surface area contributed by atoms with Crippen LogP contribution in [0.1, 0.15) is 77.8 Å². The molecule has 0 aromatic carbocycles. The predicted molar refractivity (Wildman–Crippen MR) is 144 cm³/mol. The quantitative estimate of drug-likeness (QED) is 0.265. The molecule has 0 bridgehead atoms. The summed E-state index contributed by atoms with van der Waals surface area (Å²) in [6, 6.07) is 0.145. The van der Waals surface area contributed by atoms with Gasteiger partial charge in [-0.15, -0.1) is 32.9 Å². The van der Waals surface area contributed by atoms with Crippen molar-refractivity contribution in [3.05, 3.63) is 31.8 Å². The molecular weight excluding hydrogens is 501 g/mol. The lowest BCUT2D eigenvalue weighted by atomic mass is 9.95. The van der Waals surface area contributed by atoms with Crippen LogP contribution in [0, 0.1) is 13.8 Å². The number of fused-ring (bicyclic) bond motifs is 1. The van der Waals surface area contributed by atoms with Crippen molar-refractivity contribution in [3.8, 4) is 11.4 Å². The Bertz CT molecular complexity index is 1240. The van der Waals surface area contributed by atoms with Crippen molar-refractivity contribution >= 4 is 51.3 Å². The standard InChI is InChI=1S/C25H32N4O3S3/c1-13(2)29-22(18-11-33-16(6)15(18)5)27-28-25(29)34-12-20(30)26-23-21(24(31)32-14(3)4)17-9-7-8-10-19(17)35-23/h11,13-14H,7-10,12H2,1-6H3,(H,26,30). The van der Waals surface area contributed by atoms with Crippen LogP contribution in [0.25, 0.3) is 11.4 Å². The van der Waals surface area contributed by atoms with E-state index in [0.717, 1.165) is 42.6 Å². The topological polar surface area (TPSA) is 86.1 Å². The number of esters is 1. The number of nitrogens with zero attached hydrogens (tertiary/aromatic N) is 3. The van der Waals surface area contributed by atoms with E-state index in [9.17, 15) is 9.59 Å². The number of aryl methyl sites for hydroxylation is 2. The Labute approximate surface area is 218 Å². The summed E-state index contributed by atoms with van der Waals surface area (Å²) < 4.78 is 7.59. The lowest BCUT2D eigenvalue weighted by Crippen LogP contribution is -2.19. The molecule has 1 aliphatic carbocycles. The average Bonchev–Trinajstić information content (AvgIpc) is 3.47. The number of amides is 1. The van der Waals surface area contributed by atoms with Crippen LogP contribution in [0.3, 0.4) is 0 Å². The van der Waals surface area contributed by atoms with Gasteiger partial charge >= 0.3 is 5.97 Å². The second kappa shape index (κ2) is 10.8. The molecule has 10 heteroatoms. The Morgan fingerprint density at radius 3 is 2.57 bits per heavy atom. The van der Waals surface area contributed by atoms with Gasteiger partial charge in [-0.05, 0) is 78.4 Å². The van der Waals surface area contributed by atoms with Gasteiger partial charge in [-0.1, -0.05) is 11.8 Å². The number of anilines is 1. The molecule has 4 rings (SSSR count). The molecule has 0 spiro atoms. The third-order valence-corrected chi connectivity index (χ3v) is 9.17. The maximum Gasteiger partial charge on any atom is 0.341 e. The molecule has 35 heavy (non-hydrogen) atoms. The second-order valence-electron chi connectivity index (χ2n) is 9.31. The molecule has 0 radical (unpaired) electrons. The van der Waals surface area contributed by atoms with E-state index in [1.54, 1.807) is 11.3 Å². The van der Waals surface area contributed by atoms with Gasteiger partial charge in [0, 0.05) is 26.7 Å². The molecule has 3 heterocycles. The zero-order valence-electron chi connectivity index (χ0n) is 21.1. The first-order chi connectivity index (χ1) is 16.7. The van der Waals surface area contributed by atoms with Crippen LogP contribution < -0.4 is 5.32 Å². The zero-order valence-corrected chi connectivity index (χ0v) is 23.5. The Kier molecular flexibility index (Phi) is 8.02. The van der Waals surface area contributed by atoms with Gasteiger partial charge in [-0.3, -0.25) is 9.36 Å². The molecule has 0 fully saturated rings. The van der Waals surface area contributed by atoms with Gasteiger partial charge in [-0.25, -0.2) is 4.79 Å². The number of ether oxygens (including phenoxy) is 1. The van der Waals surface area contributed by atoms with Crippen molar-refractivity contribution in [3.63, 3.8) is 0 Å². The normalized spacial score (nSPS) is 13.4. The first kappa shape index (κ1) is 25.9. The molecule has 3 aromatic heterocycles. The predicted octanol–water partition coefficient (Wildman–Crippen LogP) is 6.44. The highest BCUT2D eigenvalue weighted by atomic mass is 32.2. The summed E-state index contributed by atoms with van der Waals surface area (Å²) in [5.41, 5.74) is 3.87. The lowest BCUT2D eigenvalue weighted by molar-refractivity contribution is -0.113. The van der Waals surface area contributed by atoms with Crippen LogP contribution >= 0.6 is 34.4 Å². The molecule has 3 aromatic rings. The van der Waals surface area contributed by atoms with Crippen LogP contribution in [-0.4, -0.2) is 38.5 Å². The minimum Gasteiger partial charge on any atom is -0.459 e. The van der Waals surface area contributed by atoms with E-state index >= 15 is 0 Å². The summed E-state index contributed by atoms with van der Waals surface area (Å²) >= 11 is 4.57. The van der Waals surface area contributed by atoms with E-state index in [4.69, 9.17) is 4.74 Å². The number of nitrogens with one attached hydrogen (secondary N) is 1. The highest BCUT2D eigenvalue weighted by Crippen LogP contribution is 2.39. The maximum atomic E-state index is 13.0. The smallest absolute Gasteiger partial charge is 0.341 e. The Morgan fingerprint density at radius 1 is 1.17 bits per heavy atom. The third-order valence-electron chi connectivity index (χ3n) is 6.01. The van der Waals surface area contributed by atoms with Crippen LogP contribution in [-0.2, 0) is 22.4 Å². The van der Waals surface area contributed by atoms with Crippen LogP contribution in [0.2, 0.25) is 0 Å². The van der Waals surface area contributed by atoms with Gasteiger partial charge in [0.1, 0.15) is 5.00 Å². The molecule has 7 nitrogen and oxygen atoms in total. The van der Waals surface area contributed by atoms with Gasteiger partial charge in [0.05, 0.1) is 17.4 Å². The summed E-state index contributed by atoms with van der Waals surface area (Å²) in [4.78, 5) is 28.3. The number of hydrogen-bond acceptors (Lipinski definition) is 8. The Balaban J connectivity index is 1.52. The molecule has 0 aliphatic heterocycles. The molecule has 0 saturated carbocycles. The summed E-state index contributed by atoms with van der Waals surface area (Å²) in [7, 11) is 0.